The second-order valence-electron chi connectivity index (χ2n) is 7.47. The van der Waals surface area contributed by atoms with Crippen LogP contribution in [-0.4, -0.2) is 38.9 Å². The van der Waals surface area contributed by atoms with Crippen LogP contribution >= 0.6 is 0 Å². The van der Waals surface area contributed by atoms with Gasteiger partial charge in [-0.2, -0.15) is 0 Å². The first-order valence-electron chi connectivity index (χ1n) is 10.6. The van der Waals surface area contributed by atoms with Gasteiger partial charge in [0.2, 0.25) is 0 Å². The van der Waals surface area contributed by atoms with Crippen LogP contribution in [0.25, 0.3) is 0 Å². The van der Waals surface area contributed by atoms with Crippen LogP contribution in [0.2, 0.25) is 0 Å². The molecule has 0 saturated heterocycles. The number of nitrogens with zero attached hydrogens (tertiary/aromatic N) is 1. The molecule has 1 aliphatic heterocycles. The molecule has 0 unspecified atom stereocenters. The summed E-state index contributed by atoms with van der Waals surface area (Å²) in [7, 11) is 3.89. The zero-order valence-electron chi connectivity index (χ0n) is 16.9. The lowest BCUT2D eigenvalue weighted by Crippen LogP contribution is -2.17. The van der Waals surface area contributed by atoms with Crippen LogP contribution in [0.3, 0.4) is 0 Å². The smallest absolute Gasteiger partial charge is 0.0961 e. The molecule has 25 heavy (non-hydrogen) atoms. The van der Waals surface area contributed by atoms with Crippen LogP contribution in [0.4, 0.5) is 0 Å². The van der Waals surface area contributed by atoms with Crippen molar-refractivity contribution in [2.24, 2.45) is 0 Å². The highest BCUT2D eigenvalue weighted by Gasteiger charge is 2.01. The predicted octanol–water partition coefficient (Wildman–Crippen LogP) is 5.64. The second-order valence-corrected chi connectivity index (χ2v) is 7.47. The molecule has 1 rings (SSSR count). The van der Waals surface area contributed by atoms with E-state index in [4.69, 9.17) is 4.74 Å². The molecule has 3 nitrogen and oxygen atoms in total. The molecule has 1 N–H and O–H groups in total. The topological polar surface area (TPSA) is 24.5 Å². The van der Waals surface area contributed by atoms with E-state index in [1.807, 2.05) is 0 Å². The van der Waals surface area contributed by atoms with Gasteiger partial charge in [-0.05, 0) is 31.4 Å². The summed E-state index contributed by atoms with van der Waals surface area (Å²) in [6.45, 7) is 2.85. The molecule has 0 aromatic heterocycles. The first-order chi connectivity index (χ1) is 12.3. The molecule has 0 aromatic carbocycles. The Labute approximate surface area is 156 Å². The van der Waals surface area contributed by atoms with Gasteiger partial charge >= 0.3 is 0 Å². The summed E-state index contributed by atoms with van der Waals surface area (Å²) in [5.74, 6) is 0. The lowest BCUT2D eigenvalue weighted by Gasteiger charge is -2.17. The lowest BCUT2D eigenvalue weighted by atomic mass is 10.0. The summed E-state index contributed by atoms with van der Waals surface area (Å²) in [4.78, 5) is 2.27. The average Bonchev–Trinajstić information content (AvgIpc) is 2.61. The quantitative estimate of drug-likeness (QED) is 0.271. The third-order valence-electron chi connectivity index (χ3n) is 4.93. The molecule has 0 bridgehead atoms. The summed E-state index contributed by atoms with van der Waals surface area (Å²) in [5.41, 5.74) is 1.50. The van der Waals surface area contributed by atoms with Gasteiger partial charge in [0.1, 0.15) is 0 Å². The Hall–Kier alpha value is -0.800. The largest absolute Gasteiger partial charge is 0.376 e. The van der Waals surface area contributed by atoms with Crippen molar-refractivity contribution in [3.05, 3.63) is 23.9 Å². The van der Waals surface area contributed by atoms with Crippen molar-refractivity contribution < 1.29 is 4.74 Å². The van der Waals surface area contributed by atoms with Crippen molar-refractivity contribution in [1.82, 2.24) is 10.2 Å². The molecule has 0 fully saturated rings. The van der Waals surface area contributed by atoms with Crippen LogP contribution in [0.5, 0.6) is 0 Å². The van der Waals surface area contributed by atoms with Crippen LogP contribution in [0.1, 0.15) is 83.5 Å². The van der Waals surface area contributed by atoms with Gasteiger partial charge in [0.05, 0.1) is 6.73 Å². The summed E-state index contributed by atoms with van der Waals surface area (Å²) in [6, 6.07) is 0. The second kappa shape index (κ2) is 16.7. The van der Waals surface area contributed by atoms with Crippen LogP contribution in [0.15, 0.2) is 23.9 Å². The fourth-order valence-corrected chi connectivity index (χ4v) is 3.42. The summed E-state index contributed by atoms with van der Waals surface area (Å²) >= 11 is 0. The number of unbranched alkanes of at least 4 members (excludes halogenated alkanes) is 11. The maximum Gasteiger partial charge on any atom is 0.0961 e. The van der Waals surface area contributed by atoms with E-state index in [9.17, 15) is 0 Å². The highest BCUT2D eigenvalue weighted by Crippen LogP contribution is 2.16. The van der Waals surface area contributed by atoms with Gasteiger partial charge in [-0.25, -0.2) is 0 Å². The van der Waals surface area contributed by atoms with E-state index in [2.05, 4.69) is 35.6 Å². The molecular weight excluding hydrogens is 308 g/mol. The molecule has 0 aromatic rings. The molecule has 1 aliphatic rings. The third-order valence-corrected chi connectivity index (χ3v) is 4.93. The van der Waals surface area contributed by atoms with E-state index in [-0.39, 0.29) is 0 Å². The molecule has 0 aliphatic carbocycles. The minimum atomic E-state index is 0.687. The fraction of sp³-hybridized carbons (Fsp3) is 0.818. The molecule has 0 spiro atoms. The minimum absolute atomic E-state index is 0.687. The number of rotatable bonds is 17. The number of likely N-dealkylation sites (N-methyl/N-ethyl adjacent to an activating group) is 1. The highest BCUT2D eigenvalue weighted by atomic mass is 16.5. The highest BCUT2D eigenvalue weighted by molar-refractivity contribution is 5.21. The predicted molar refractivity (Wildman–Crippen MR) is 110 cm³/mol. The normalized spacial score (nSPS) is 14.2. The molecule has 0 saturated carbocycles. The maximum absolute atomic E-state index is 4.97. The first-order valence-corrected chi connectivity index (χ1v) is 10.6. The molecule has 0 atom stereocenters. The number of nitrogens with one attached hydrogen (secondary N) is 1. The minimum Gasteiger partial charge on any atom is -0.376 e. The third kappa shape index (κ3) is 14.1. The Kier molecular flexibility index (Phi) is 14.8. The number of methoxy groups -OCH3 is 1. The molecule has 3 heteroatoms. The van der Waals surface area contributed by atoms with E-state index < -0.39 is 0 Å². The lowest BCUT2D eigenvalue weighted by molar-refractivity contribution is 0.175. The Balaban J connectivity index is 1.73. The summed E-state index contributed by atoms with van der Waals surface area (Å²) in [5, 5.41) is 3.26. The number of ether oxygens (including phenoxy) is 1. The van der Waals surface area contributed by atoms with E-state index in [1.54, 1.807) is 7.11 Å². The summed E-state index contributed by atoms with van der Waals surface area (Å²) in [6.07, 6.45) is 24.9. The van der Waals surface area contributed by atoms with Crippen LogP contribution < -0.4 is 5.32 Å². The Morgan fingerprint density at radius 1 is 0.880 bits per heavy atom. The maximum atomic E-state index is 4.97. The van der Waals surface area contributed by atoms with Crippen molar-refractivity contribution in [2.75, 3.05) is 34.0 Å². The Bertz CT molecular complexity index is 352. The Morgan fingerprint density at radius 3 is 2.00 bits per heavy atom. The average molecular weight is 351 g/mol. The fourth-order valence-electron chi connectivity index (χ4n) is 3.42. The molecule has 146 valence electrons. The van der Waals surface area contributed by atoms with Crippen LogP contribution in [0, 0.1) is 0 Å². The van der Waals surface area contributed by atoms with Crippen molar-refractivity contribution in [1.29, 1.82) is 0 Å². The molecule has 0 radical (unpaired) electrons. The van der Waals surface area contributed by atoms with E-state index in [0.29, 0.717) is 6.73 Å². The van der Waals surface area contributed by atoms with Gasteiger partial charge in [0.15, 0.2) is 0 Å². The van der Waals surface area contributed by atoms with E-state index in [1.165, 1.54) is 89.0 Å². The zero-order chi connectivity index (χ0) is 18.0. The summed E-state index contributed by atoms with van der Waals surface area (Å²) < 4.78 is 4.97. The van der Waals surface area contributed by atoms with Crippen molar-refractivity contribution in [2.45, 2.75) is 83.5 Å². The van der Waals surface area contributed by atoms with Gasteiger partial charge in [-0.15, -0.1) is 0 Å². The van der Waals surface area contributed by atoms with Gasteiger partial charge in [0.25, 0.3) is 0 Å². The van der Waals surface area contributed by atoms with Crippen molar-refractivity contribution in [3.8, 4) is 0 Å². The Morgan fingerprint density at radius 2 is 1.44 bits per heavy atom. The van der Waals surface area contributed by atoms with E-state index in [0.717, 1.165) is 13.1 Å². The van der Waals surface area contributed by atoms with Gasteiger partial charge < -0.3 is 9.64 Å². The monoisotopic (exact) mass is 350 g/mol. The number of hydrogen-bond donors (Lipinski definition) is 1. The molecule has 0 amide bonds. The first kappa shape index (κ1) is 22.2. The molecule has 1 heterocycles. The van der Waals surface area contributed by atoms with Gasteiger partial charge in [-0.1, -0.05) is 76.4 Å². The van der Waals surface area contributed by atoms with E-state index >= 15 is 0 Å². The van der Waals surface area contributed by atoms with Crippen molar-refractivity contribution >= 4 is 0 Å². The van der Waals surface area contributed by atoms with Gasteiger partial charge in [0, 0.05) is 26.9 Å². The molecular formula is C22H42N2O. The van der Waals surface area contributed by atoms with Gasteiger partial charge in [-0.3, -0.25) is 5.32 Å². The SMILES string of the molecule is COCNCCCCCCCCCCCCCCC1=CN(C)CC=C1. The number of allylic oxidation sites excluding steroid dienone is 2. The standard InChI is InChI=1S/C22H42N2O/c1-24-19-15-17-22(20-24)16-13-11-9-7-5-3-4-6-8-10-12-14-18-23-21-25-2/h15,17,20,23H,3-14,16,18-19,21H2,1-2H3. The zero-order valence-corrected chi connectivity index (χ0v) is 16.9. The number of hydrogen-bond acceptors (Lipinski definition) is 3. The van der Waals surface area contributed by atoms with Crippen LogP contribution in [-0.2, 0) is 4.74 Å². The van der Waals surface area contributed by atoms with Crippen molar-refractivity contribution in [3.63, 3.8) is 0 Å².